The molecule has 0 amide bonds. The summed E-state index contributed by atoms with van der Waals surface area (Å²) in [6, 6.07) is 10.4. The van der Waals surface area contributed by atoms with Gasteiger partial charge in [-0.1, -0.05) is 56.5 Å². The molecule has 0 radical (unpaired) electrons. The predicted octanol–water partition coefficient (Wildman–Crippen LogP) is 3.71. The molecule has 0 spiro atoms. The number of unbranched alkanes of at least 4 members (excludes halogenated alkanes) is 2. The molecule has 3 nitrogen and oxygen atoms in total. The van der Waals surface area contributed by atoms with Gasteiger partial charge in [-0.25, -0.2) is 0 Å². The van der Waals surface area contributed by atoms with Gasteiger partial charge in [0.05, 0.1) is 31.5 Å². The topological polar surface area (TPSA) is 31.0 Å². The first-order valence-electron chi connectivity index (χ1n) is 8.29. The molecule has 2 aliphatic heterocycles. The third-order valence-electron chi connectivity index (χ3n) is 4.40. The average molecular weight is 290 g/mol. The van der Waals surface area contributed by atoms with Gasteiger partial charge >= 0.3 is 0 Å². The van der Waals surface area contributed by atoms with E-state index in [2.05, 4.69) is 31.2 Å². The quantitative estimate of drug-likeness (QED) is 0.540. The maximum atomic E-state index is 6.18. The number of benzene rings is 1. The van der Waals surface area contributed by atoms with E-state index in [1.54, 1.807) is 0 Å². The lowest BCUT2D eigenvalue weighted by molar-refractivity contribution is -0.0366. The van der Waals surface area contributed by atoms with Gasteiger partial charge in [-0.2, -0.15) is 0 Å². The van der Waals surface area contributed by atoms with Crippen LogP contribution < -0.4 is 0 Å². The molecular formula is C18H26O3. The van der Waals surface area contributed by atoms with Crippen molar-refractivity contribution in [2.75, 3.05) is 6.61 Å². The van der Waals surface area contributed by atoms with Gasteiger partial charge in [-0.15, -0.1) is 0 Å². The smallest absolute Gasteiger partial charge is 0.107 e. The molecule has 0 aliphatic carbocycles. The van der Waals surface area contributed by atoms with Crippen LogP contribution >= 0.6 is 0 Å². The molecule has 0 saturated carbocycles. The molecule has 0 N–H and O–H groups in total. The Morgan fingerprint density at radius 1 is 1.14 bits per heavy atom. The fourth-order valence-corrected chi connectivity index (χ4v) is 3.06. The van der Waals surface area contributed by atoms with Crippen molar-refractivity contribution >= 4 is 0 Å². The highest BCUT2D eigenvalue weighted by atomic mass is 16.6. The van der Waals surface area contributed by atoms with E-state index in [0.29, 0.717) is 12.7 Å². The van der Waals surface area contributed by atoms with Crippen molar-refractivity contribution in [1.82, 2.24) is 0 Å². The molecule has 116 valence electrons. The number of ether oxygens (including phenoxy) is 3. The molecule has 2 saturated heterocycles. The molecule has 0 bridgehead atoms. The molecule has 2 heterocycles. The van der Waals surface area contributed by atoms with E-state index in [1.807, 2.05) is 6.07 Å². The summed E-state index contributed by atoms with van der Waals surface area (Å²) >= 11 is 0. The van der Waals surface area contributed by atoms with Crippen molar-refractivity contribution in [3.8, 4) is 0 Å². The first-order valence-corrected chi connectivity index (χ1v) is 8.29. The van der Waals surface area contributed by atoms with E-state index in [4.69, 9.17) is 14.2 Å². The van der Waals surface area contributed by atoms with Gasteiger partial charge in [-0.3, -0.25) is 0 Å². The minimum atomic E-state index is 0.219. The van der Waals surface area contributed by atoms with Gasteiger partial charge in [0.15, 0.2) is 0 Å². The summed E-state index contributed by atoms with van der Waals surface area (Å²) in [5, 5.41) is 0. The second-order valence-electron chi connectivity index (χ2n) is 6.15. The van der Waals surface area contributed by atoms with Crippen molar-refractivity contribution in [2.45, 2.75) is 70.1 Å². The lowest BCUT2D eigenvalue weighted by Crippen LogP contribution is -2.24. The monoisotopic (exact) mass is 290 g/mol. The minimum Gasteiger partial charge on any atom is -0.371 e. The number of rotatable bonds is 8. The van der Waals surface area contributed by atoms with Crippen LogP contribution in [0, 0.1) is 0 Å². The van der Waals surface area contributed by atoms with E-state index in [9.17, 15) is 0 Å². The van der Waals surface area contributed by atoms with Crippen LogP contribution in [-0.2, 0) is 20.8 Å². The van der Waals surface area contributed by atoms with Gasteiger partial charge in [0.2, 0.25) is 0 Å². The molecule has 0 unspecified atom stereocenters. The van der Waals surface area contributed by atoms with Gasteiger partial charge in [-0.05, 0) is 12.0 Å². The maximum absolute atomic E-state index is 6.18. The zero-order chi connectivity index (χ0) is 14.5. The number of hydrogen-bond donors (Lipinski definition) is 0. The molecule has 21 heavy (non-hydrogen) atoms. The minimum absolute atomic E-state index is 0.219. The van der Waals surface area contributed by atoms with Crippen LogP contribution in [0.5, 0.6) is 0 Å². The lowest BCUT2D eigenvalue weighted by atomic mass is 10.0. The van der Waals surface area contributed by atoms with E-state index < -0.39 is 0 Å². The van der Waals surface area contributed by atoms with Crippen LogP contribution in [0.15, 0.2) is 30.3 Å². The van der Waals surface area contributed by atoms with Gasteiger partial charge in [0.1, 0.15) is 6.10 Å². The highest BCUT2D eigenvalue weighted by Gasteiger charge is 2.44. The van der Waals surface area contributed by atoms with Crippen LogP contribution in [0.2, 0.25) is 0 Å². The molecule has 0 aromatic heterocycles. The first kappa shape index (κ1) is 15.0. The second-order valence-corrected chi connectivity index (χ2v) is 6.15. The van der Waals surface area contributed by atoms with E-state index in [0.717, 1.165) is 19.4 Å². The molecular weight excluding hydrogens is 264 g/mol. The van der Waals surface area contributed by atoms with Crippen molar-refractivity contribution in [3.05, 3.63) is 35.9 Å². The van der Waals surface area contributed by atoms with Gasteiger partial charge in [0, 0.05) is 6.42 Å². The second kappa shape index (κ2) is 7.39. The van der Waals surface area contributed by atoms with Crippen LogP contribution in [0.4, 0.5) is 0 Å². The van der Waals surface area contributed by atoms with Gasteiger partial charge < -0.3 is 14.2 Å². The number of hydrogen-bond acceptors (Lipinski definition) is 3. The Kier molecular flexibility index (Phi) is 5.28. The Morgan fingerprint density at radius 2 is 1.95 bits per heavy atom. The predicted molar refractivity (Wildman–Crippen MR) is 82.2 cm³/mol. The molecule has 3 heteroatoms. The fourth-order valence-electron chi connectivity index (χ4n) is 3.06. The van der Waals surface area contributed by atoms with E-state index in [-0.39, 0.29) is 18.3 Å². The highest BCUT2D eigenvalue weighted by Crippen LogP contribution is 2.33. The zero-order valence-corrected chi connectivity index (χ0v) is 12.9. The van der Waals surface area contributed by atoms with Crippen LogP contribution in [0.1, 0.15) is 44.6 Å². The van der Waals surface area contributed by atoms with Crippen molar-refractivity contribution in [1.29, 1.82) is 0 Å². The summed E-state index contributed by atoms with van der Waals surface area (Å²) in [4.78, 5) is 0. The maximum Gasteiger partial charge on any atom is 0.107 e. The third kappa shape index (κ3) is 4.29. The Bertz CT molecular complexity index is 416. The molecule has 4 atom stereocenters. The van der Waals surface area contributed by atoms with E-state index >= 15 is 0 Å². The van der Waals surface area contributed by atoms with Gasteiger partial charge in [0.25, 0.3) is 0 Å². The summed E-state index contributed by atoms with van der Waals surface area (Å²) in [6.07, 6.45) is 6.87. The Labute approximate surface area is 127 Å². The fraction of sp³-hybridized carbons (Fsp3) is 0.667. The largest absolute Gasteiger partial charge is 0.371 e. The lowest BCUT2D eigenvalue weighted by Gasteiger charge is -2.19. The summed E-state index contributed by atoms with van der Waals surface area (Å²) < 4.78 is 17.7. The SMILES string of the molecule is CCCCC[C@@H]1O[C@H]([C@@H]2CO2)C[C@@H]1OCc1ccccc1. The molecule has 3 rings (SSSR count). The standard InChI is InChI=1S/C18H26O3/c1-2-3-5-10-15-16(11-17(21-15)18-13-20-18)19-12-14-8-6-4-7-9-14/h4,6-9,15-18H,2-3,5,10-13H2,1H3/t15-,16-,17-,18-/m0/s1. The van der Waals surface area contributed by atoms with Crippen molar-refractivity contribution in [3.63, 3.8) is 0 Å². The molecule has 1 aromatic rings. The van der Waals surface area contributed by atoms with E-state index in [1.165, 1.54) is 24.8 Å². The molecule has 2 aliphatic rings. The average Bonchev–Trinajstić information content (AvgIpc) is 3.29. The summed E-state index contributed by atoms with van der Waals surface area (Å²) in [6.45, 7) is 3.77. The third-order valence-corrected chi connectivity index (χ3v) is 4.40. The summed E-state index contributed by atoms with van der Waals surface area (Å²) in [7, 11) is 0. The van der Waals surface area contributed by atoms with Crippen molar-refractivity contribution < 1.29 is 14.2 Å². The first-order chi connectivity index (χ1) is 10.4. The summed E-state index contributed by atoms with van der Waals surface area (Å²) in [5.74, 6) is 0. The Morgan fingerprint density at radius 3 is 2.67 bits per heavy atom. The Hall–Kier alpha value is -0.900. The number of epoxide rings is 1. The molecule has 1 aromatic carbocycles. The van der Waals surface area contributed by atoms with Crippen LogP contribution in [0.3, 0.4) is 0 Å². The van der Waals surface area contributed by atoms with Crippen LogP contribution in [0.25, 0.3) is 0 Å². The van der Waals surface area contributed by atoms with Crippen molar-refractivity contribution in [2.24, 2.45) is 0 Å². The normalized spacial score (nSPS) is 31.5. The Balaban J connectivity index is 1.52. The highest BCUT2D eigenvalue weighted by molar-refractivity contribution is 5.13. The molecule has 2 fully saturated rings. The van der Waals surface area contributed by atoms with Crippen LogP contribution in [-0.4, -0.2) is 31.0 Å². The summed E-state index contributed by atoms with van der Waals surface area (Å²) in [5.41, 5.74) is 1.23. The zero-order valence-electron chi connectivity index (χ0n) is 12.9.